The number of thiophene rings is 1. The molecule has 1 aliphatic heterocycles. The summed E-state index contributed by atoms with van der Waals surface area (Å²) in [5.74, 6) is 0. The third-order valence-electron chi connectivity index (χ3n) is 5.36. The Labute approximate surface area is 215 Å². The quantitative estimate of drug-likeness (QED) is 0.246. The Balaban J connectivity index is 0.000000189. The van der Waals surface area contributed by atoms with Crippen LogP contribution in [0.15, 0.2) is 89.7 Å². The van der Waals surface area contributed by atoms with Crippen LogP contribution in [0, 0.1) is 12.5 Å². The summed E-state index contributed by atoms with van der Waals surface area (Å²) >= 11 is 1.76. The van der Waals surface area contributed by atoms with Crippen molar-refractivity contribution in [1.29, 1.82) is 0 Å². The third kappa shape index (κ3) is 5.25. The zero-order chi connectivity index (χ0) is 23.5. The minimum atomic E-state index is -0.604. The topological polar surface area (TPSA) is 25.2 Å². The SMILES string of the molecule is [2H]C1C(C)=CN=C(C2=c3sc4ccccc4c3=CC[CH-]2)C1[2H].[Ir].[c-]1ccccc1-c1ccccn1. The van der Waals surface area contributed by atoms with Crippen LogP contribution in [0.4, 0.5) is 0 Å². The molecule has 4 heteroatoms. The van der Waals surface area contributed by atoms with Crippen molar-refractivity contribution >= 4 is 38.8 Å². The van der Waals surface area contributed by atoms with Gasteiger partial charge in [-0.15, -0.1) is 35.9 Å². The number of hydrogen-bond donors (Lipinski definition) is 0. The van der Waals surface area contributed by atoms with E-state index in [4.69, 9.17) is 2.74 Å². The van der Waals surface area contributed by atoms with Crippen LogP contribution in [0.2, 0.25) is 0 Å². The molecule has 2 unspecified atom stereocenters. The van der Waals surface area contributed by atoms with E-state index in [1.807, 2.05) is 49.4 Å². The second kappa shape index (κ2) is 10.9. The average Bonchev–Trinajstić information content (AvgIpc) is 3.28. The van der Waals surface area contributed by atoms with Crippen LogP contribution in [0.5, 0.6) is 0 Å². The van der Waals surface area contributed by atoms with E-state index in [-0.39, 0.29) is 20.1 Å². The first kappa shape index (κ1) is 20.8. The van der Waals surface area contributed by atoms with E-state index in [1.165, 1.54) is 19.8 Å². The Hall–Kier alpha value is -2.78. The van der Waals surface area contributed by atoms with Gasteiger partial charge in [0.2, 0.25) is 0 Å². The molecule has 1 aliphatic carbocycles. The summed E-state index contributed by atoms with van der Waals surface area (Å²) in [6, 6.07) is 25.2. The fraction of sp³-hybridized carbons (Fsp3) is 0.138. The fourth-order valence-electron chi connectivity index (χ4n) is 3.78. The first-order valence-corrected chi connectivity index (χ1v) is 11.5. The van der Waals surface area contributed by atoms with Gasteiger partial charge in [0.15, 0.2) is 0 Å². The van der Waals surface area contributed by atoms with Gasteiger partial charge in [0.1, 0.15) is 0 Å². The number of aromatic nitrogens is 1. The summed E-state index contributed by atoms with van der Waals surface area (Å²) in [6.45, 7) is 1.88. The first-order valence-electron chi connectivity index (χ1n) is 11.8. The van der Waals surface area contributed by atoms with E-state index in [1.54, 1.807) is 23.7 Å². The largest absolute Gasteiger partial charge is 0.325 e. The molecule has 33 heavy (non-hydrogen) atoms. The average molecular weight is 627 g/mol. The summed E-state index contributed by atoms with van der Waals surface area (Å²) in [4.78, 5) is 8.72. The van der Waals surface area contributed by atoms with Crippen molar-refractivity contribution in [1.82, 2.24) is 4.98 Å². The molecule has 0 bridgehead atoms. The Morgan fingerprint density at radius 2 is 1.88 bits per heavy atom. The van der Waals surface area contributed by atoms with Gasteiger partial charge in [-0.3, -0.25) is 0 Å². The predicted molar refractivity (Wildman–Crippen MR) is 137 cm³/mol. The van der Waals surface area contributed by atoms with E-state index < -0.39 is 12.8 Å². The standard InChI is InChI=1S/C18H16NS.C11H8N.Ir/c1-12-9-10-16(19-11-12)15-7-4-6-14-13-5-2-3-8-17(13)20-18(14)15;1-2-6-10(7-3-1)11-8-4-5-9-12-11;/h2-3,5-8,11H,4,9-10H2,1H3;1-6,8-9H;/q2*-1;/i9D,10D;;. The third-order valence-corrected chi connectivity index (χ3v) is 6.58. The predicted octanol–water partition coefficient (Wildman–Crippen LogP) is 6.13. The van der Waals surface area contributed by atoms with Crippen molar-refractivity contribution in [3.05, 3.63) is 107 Å². The van der Waals surface area contributed by atoms with Crippen LogP contribution in [-0.4, -0.2) is 10.7 Å². The van der Waals surface area contributed by atoms with Crippen LogP contribution in [-0.2, 0) is 20.1 Å². The number of rotatable bonds is 2. The second-order valence-corrected chi connectivity index (χ2v) is 8.66. The summed E-state index contributed by atoms with van der Waals surface area (Å²) in [7, 11) is 0. The smallest absolute Gasteiger partial charge is 0.0306 e. The molecule has 0 fully saturated rings. The van der Waals surface area contributed by atoms with E-state index >= 15 is 0 Å². The molecule has 167 valence electrons. The van der Waals surface area contributed by atoms with E-state index in [9.17, 15) is 0 Å². The van der Waals surface area contributed by atoms with E-state index in [0.29, 0.717) is 0 Å². The molecule has 6 rings (SSSR count). The van der Waals surface area contributed by atoms with Gasteiger partial charge in [-0.05, 0) is 36.5 Å². The molecule has 0 N–H and O–H groups in total. The number of nitrogens with zero attached hydrogens (tertiary/aromatic N) is 2. The van der Waals surface area contributed by atoms with E-state index in [2.05, 4.69) is 52.8 Å². The van der Waals surface area contributed by atoms with Gasteiger partial charge in [-0.1, -0.05) is 70.3 Å². The van der Waals surface area contributed by atoms with Crippen molar-refractivity contribution in [2.24, 2.45) is 4.99 Å². The molecule has 2 aromatic carbocycles. The molecule has 0 saturated heterocycles. The Morgan fingerprint density at radius 1 is 1.03 bits per heavy atom. The van der Waals surface area contributed by atoms with Gasteiger partial charge in [-0.2, -0.15) is 12.0 Å². The van der Waals surface area contributed by atoms with Crippen molar-refractivity contribution in [2.45, 2.75) is 26.1 Å². The van der Waals surface area contributed by atoms with Crippen molar-refractivity contribution in [3.8, 4) is 11.3 Å². The maximum absolute atomic E-state index is 8.37. The number of benzene rings is 2. The van der Waals surface area contributed by atoms with Crippen LogP contribution >= 0.6 is 11.3 Å². The number of hydrogen-bond acceptors (Lipinski definition) is 3. The van der Waals surface area contributed by atoms with Crippen LogP contribution in [0.25, 0.3) is 33.0 Å². The Bertz CT molecular complexity index is 1460. The minimum absolute atomic E-state index is 0. The van der Waals surface area contributed by atoms with Crippen LogP contribution in [0.1, 0.15) is 28.9 Å². The minimum Gasteiger partial charge on any atom is -0.325 e. The first-order chi connectivity index (χ1) is 16.6. The molecule has 1 radical (unpaired) electrons. The van der Waals surface area contributed by atoms with Gasteiger partial charge in [0.25, 0.3) is 0 Å². The Kier molecular flexibility index (Phi) is 6.87. The van der Waals surface area contributed by atoms with Gasteiger partial charge < -0.3 is 9.98 Å². The number of allylic oxidation sites excluding steroid dienone is 1. The molecule has 3 heterocycles. The van der Waals surface area contributed by atoms with Gasteiger partial charge in [-0.25, -0.2) is 11.3 Å². The number of pyridine rings is 1. The van der Waals surface area contributed by atoms with Gasteiger partial charge in [0.05, 0.1) is 0 Å². The molecule has 0 amide bonds. The summed E-state index contributed by atoms with van der Waals surface area (Å²) in [6.07, 6.45) is 7.68. The molecule has 2 nitrogen and oxygen atoms in total. The van der Waals surface area contributed by atoms with Crippen molar-refractivity contribution < 1.29 is 22.8 Å². The monoisotopic (exact) mass is 627 g/mol. The van der Waals surface area contributed by atoms with Crippen LogP contribution < -0.4 is 9.75 Å². The maximum Gasteiger partial charge on any atom is 0.0306 e. The fourth-order valence-corrected chi connectivity index (χ4v) is 5.03. The molecule has 2 aliphatic rings. The molecular formula is C29H24IrN2S-2. The summed E-state index contributed by atoms with van der Waals surface area (Å²) in [5, 5.41) is 2.54. The number of aliphatic imine (C=N–C) groups is 1. The van der Waals surface area contributed by atoms with Crippen molar-refractivity contribution in [2.75, 3.05) is 0 Å². The molecule has 0 saturated carbocycles. The molecule has 4 aromatic rings. The molecule has 2 aromatic heterocycles. The van der Waals surface area contributed by atoms with Gasteiger partial charge in [0, 0.05) is 39.9 Å². The molecule has 0 spiro atoms. The van der Waals surface area contributed by atoms with Gasteiger partial charge >= 0.3 is 0 Å². The maximum atomic E-state index is 8.37. The summed E-state index contributed by atoms with van der Waals surface area (Å²) in [5.41, 5.74) is 4.67. The molecular weight excluding hydrogens is 601 g/mol. The second-order valence-electron chi connectivity index (χ2n) is 7.61. The normalized spacial score (nSPS) is 19.7. The molecule has 2 atom stereocenters. The zero-order valence-corrected chi connectivity index (χ0v) is 21.4. The number of fused-ring (bicyclic) bond motifs is 3. The van der Waals surface area contributed by atoms with Crippen molar-refractivity contribution in [3.63, 3.8) is 0 Å². The summed E-state index contributed by atoms with van der Waals surface area (Å²) < 4.78 is 19.0. The van der Waals surface area contributed by atoms with Crippen LogP contribution in [0.3, 0.4) is 0 Å². The zero-order valence-electron chi connectivity index (χ0n) is 20.2. The van der Waals surface area contributed by atoms with E-state index in [0.717, 1.165) is 34.5 Å². The Morgan fingerprint density at radius 3 is 2.70 bits per heavy atom.